The molecule has 0 saturated heterocycles. The molecule has 0 rings (SSSR count). The number of hydrogen-bond acceptors (Lipinski definition) is 4. The molecule has 0 spiro atoms. The topological polar surface area (TPSA) is 64.3 Å². The molecule has 122 valence electrons. The fourth-order valence-corrected chi connectivity index (χ4v) is 2.16. The van der Waals surface area contributed by atoms with E-state index in [-0.39, 0.29) is 43.5 Å². The number of ether oxygens (including phenoxy) is 1. The Morgan fingerprint density at radius 2 is 1.48 bits per heavy atom. The van der Waals surface area contributed by atoms with Crippen molar-refractivity contribution < 1.29 is 40.5 Å². The zero-order valence-electron chi connectivity index (χ0n) is 15.3. The van der Waals surface area contributed by atoms with Gasteiger partial charge < -0.3 is 17.2 Å². The van der Waals surface area contributed by atoms with Gasteiger partial charge in [-0.1, -0.05) is 64.7 Å². The van der Waals surface area contributed by atoms with Crippen molar-refractivity contribution in [2.24, 2.45) is 5.73 Å². The first-order valence-corrected chi connectivity index (χ1v) is 8.37. The van der Waals surface area contributed by atoms with Crippen molar-refractivity contribution in [3.05, 3.63) is 0 Å². The Bertz CT molecular complexity index is 222. The van der Waals surface area contributed by atoms with Crippen molar-refractivity contribution in [2.45, 2.75) is 71.1 Å². The molecule has 0 fully saturated rings. The van der Waals surface area contributed by atoms with Crippen LogP contribution in [0.4, 0.5) is 0 Å². The van der Waals surface area contributed by atoms with Gasteiger partial charge in [-0.2, -0.15) is 0 Å². The second-order valence-corrected chi connectivity index (χ2v) is 5.36. The summed E-state index contributed by atoms with van der Waals surface area (Å²) in [6.07, 6.45) is 13.6. The van der Waals surface area contributed by atoms with Crippen molar-refractivity contribution in [3.63, 3.8) is 0 Å². The van der Waals surface area contributed by atoms with Crippen LogP contribution in [-0.4, -0.2) is 32.2 Å². The van der Waals surface area contributed by atoms with E-state index in [1.165, 1.54) is 64.2 Å². The Balaban J connectivity index is -0.00000180. The second-order valence-electron chi connectivity index (χ2n) is 5.36. The first-order chi connectivity index (χ1) is 9.81. The van der Waals surface area contributed by atoms with Crippen LogP contribution < -0.4 is 40.6 Å². The minimum absolute atomic E-state index is 0. The summed E-state index contributed by atoms with van der Waals surface area (Å²) in [5, 5.41) is 3.27. The smallest absolute Gasteiger partial charge is 1.00 e. The van der Waals surface area contributed by atoms with Crippen molar-refractivity contribution in [3.8, 4) is 0 Å². The monoisotopic (exact) mass is 310 g/mol. The number of carbonyl (C=O) groups is 1. The first-order valence-electron chi connectivity index (χ1n) is 8.37. The van der Waals surface area contributed by atoms with Gasteiger partial charge >= 0.3 is 35.5 Å². The van der Waals surface area contributed by atoms with Crippen molar-refractivity contribution >= 4 is 5.97 Å². The molecule has 4 nitrogen and oxygen atoms in total. The average Bonchev–Trinajstić information content (AvgIpc) is 2.47. The molecule has 0 aromatic rings. The third kappa shape index (κ3) is 20.4. The van der Waals surface area contributed by atoms with Gasteiger partial charge in [0.15, 0.2) is 0 Å². The number of esters is 1. The van der Waals surface area contributed by atoms with Gasteiger partial charge in [0.1, 0.15) is 6.61 Å². The zero-order valence-corrected chi connectivity index (χ0v) is 16.3. The molecule has 0 amide bonds. The van der Waals surface area contributed by atoms with Crippen molar-refractivity contribution in [1.29, 1.82) is 0 Å². The Morgan fingerprint density at radius 1 is 0.952 bits per heavy atom. The van der Waals surface area contributed by atoms with Gasteiger partial charge in [-0.15, -0.1) is 0 Å². The van der Waals surface area contributed by atoms with Gasteiger partial charge in [0.2, 0.25) is 0 Å². The van der Waals surface area contributed by atoms with Crippen LogP contribution in [0.25, 0.3) is 0 Å². The van der Waals surface area contributed by atoms with E-state index < -0.39 is 0 Å². The average molecular weight is 310 g/mol. The number of nitrogens with one attached hydrogen (secondary N) is 1. The van der Waals surface area contributed by atoms with Crippen molar-refractivity contribution in [2.75, 3.05) is 26.2 Å². The van der Waals surface area contributed by atoms with Crippen molar-refractivity contribution in [1.82, 2.24) is 5.32 Å². The summed E-state index contributed by atoms with van der Waals surface area (Å²) in [5.41, 5.74) is 5.13. The molecule has 0 aromatic heterocycles. The molecule has 0 radical (unpaired) electrons. The summed E-state index contributed by atoms with van der Waals surface area (Å²) in [6.45, 7) is 4.39. The minimum Gasteiger partial charge on any atom is -1.00 e. The predicted octanol–water partition coefficient (Wildman–Crippen LogP) is 0.115. The molecule has 0 aliphatic carbocycles. The molecule has 5 heteroatoms. The van der Waals surface area contributed by atoms with Gasteiger partial charge in [-0.3, -0.25) is 4.79 Å². The normalized spacial score (nSPS) is 10.2. The maximum Gasteiger partial charge on any atom is 1.00 e. The van der Waals surface area contributed by atoms with E-state index in [1.807, 2.05) is 0 Å². The molecule has 0 unspecified atom stereocenters. The van der Waals surface area contributed by atoms with E-state index in [2.05, 4.69) is 12.2 Å². The van der Waals surface area contributed by atoms with Gasteiger partial charge in [0.05, 0.1) is 6.54 Å². The van der Waals surface area contributed by atoms with Crippen LogP contribution in [0.2, 0.25) is 0 Å². The molecule has 0 aromatic carbocycles. The number of hydrogen-bond donors (Lipinski definition) is 2. The molecule has 3 N–H and O–H groups in total. The molecule has 0 aliphatic heterocycles. The third-order valence-corrected chi connectivity index (χ3v) is 3.42. The maximum absolute atomic E-state index is 10.8. The van der Waals surface area contributed by atoms with Crippen LogP contribution in [0, 0.1) is 0 Å². The van der Waals surface area contributed by atoms with Gasteiger partial charge in [0, 0.05) is 6.54 Å². The first kappa shape index (κ1) is 23.7. The summed E-state index contributed by atoms with van der Waals surface area (Å²) in [5.74, 6) is -0.328. The molecular formula is C16H35N2NaO2. The zero-order chi connectivity index (χ0) is 14.9. The molecule has 0 saturated carbocycles. The van der Waals surface area contributed by atoms with E-state index in [0.29, 0.717) is 6.61 Å². The largest absolute Gasteiger partial charge is 1.00 e. The molecule has 21 heavy (non-hydrogen) atoms. The number of rotatable bonds is 15. The number of unbranched alkanes of at least 4 members (excludes halogenated alkanes) is 9. The Labute approximate surface area is 154 Å². The SMILES string of the molecule is CCCCCCCCCCCCNCCOC(=O)CN.[H-].[Na+]. The summed E-state index contributed by atoms with van der Waals surface area (Å²) in [7, 11) is 0. The quantitative estimate of drug-likeness (QED) is 0.256. The standard InChI is InChI=1S/C16H34N2O2.Na.H/c1-2-3-4-5-6-7-8-9-10-11-12-18-13-14-20-16(19)15-17;;/h18H,2-15,17H2,1H3;;/q;+1;-1. The second kappa shape index (κ2) is 20.4. The van der Waals surface area contributed by atoms with E-state index in [4.69, 9.17) is 10.5 Å². The summed E-state index contributed by atoms with van der Waals surface area (Å²) < 4.78 is 4.86. The van der Waals surface area contributed by atoms with E-state index >= 15 is 0 Å². The van der Waals surface area contributed by atoms with Crippen LogP contribution in [0.3, 0.4) is 0 Å². The number of carbonyl (C=O) groups excluding carboxylic acids is 1. The predicted molar refractivity (Wildman–Crippen MR) is 85.8 cm³/mol. The van der Waals surface area contributed by atoms with E-state index in [9.17, 15) is 4.79 Å². The molecule has 0 bridgehead atoms. The van der Waals surface area contributed by atoms with Crippen LogP contribution in [0.5, 0.6) is 0 Å². The fraction of sp³-hybridized carbons (Fsp3) is 0.938. The molecule has 0 heterocycles. The fourth-order valence-electron chi connectivity index (χ4n) is 2.16. The van der Waals surface area contributed by atoms with Crippen LogP contribution in [0.1, 0.15) is 72.6 Å². The van der Waals surface area contributed by atoms with Crippen LogP contribution in [-0.2, 0) is 9.53 Å². The minimum atomic E-state index is -0.328. The van der Waals surface area contributed by atoms with E-state index in [0.717, 1.165) is 13.1 Å². The summed E-state index contributed by atoms with van der Waals surface area (Å²) in [6, 6.07) is 0. The van der Waals surface area contributed by atoms with Gasteiger partial charge in [-0.05, 0) is 13.0 Å². The molecular weight excluding hydrogens is 275 g/mol. The molecule has 0 atom stereocenters. The summed E-state index contributed by atoms with van der Waals surface area (Å²) >= 11 is 0. The van der Waals surface area contributed by atoms with Gasteiger partial charge in [-0.25, -0.2) is 0 Å². The summed E-state index contributed by atoms with van der Waals surface area (Å²) in [4.78, 5) is 10.8. The number of nitrogens with two attached hydrogens (primary N) is 1. The Morgan fingerprint density at radius 3 is 2.00 bits per heavy atom. The van der Waals surface area contributed by atoms with E-state index in [1.54, 1.807) is 0 Å². The van der Waals surface area contributed by atoms with Crippen LogP contribution in [0.15, 0.2) is 0 Å². The Kier molecular flexibility index (Phi) is 23.0. The third-order valence-electron chi connectivity index (χ3n) is 3.42. The van der Waals surface area contributed by atoms with Crippen LogP contribution >= 0.6 is 0 Å². The molecule has 0 aliphatic rings. The van der Waals surface area contributed by atoms with Gasteiger partial charge in [0.25, 0.3) is 0 Å². The maximum atomic E-state index is 10.8. The Hall–Kier alpha value is 0.390.